The molecule has 5 heteroatoms. The average Bonchev–Trinajstić information content (AvgIpc) is 2.57. The van der Waals surface area contributed by atoms with Gasteiger partial charge >= 0.3 is 5.97 Å². The highest BCUT2D eigenvalue weighted by Crippen LogP contribution is 2.36. The molecule has 0 aromatic heterocycles. The van der Waals surface area contributed by atoms with Crippen molar-refractivity contribution in [1.82, 2.24) is 0 Å². The van der Waals surface area contributed by atoms with Crippen molar-refractivity contribution in [3.8, 4) is 0 Å². The second kappa shape index (κ2) is 11.8. The van der Waals surface area contributed by atoms with Crippen molar-refractivity contribution in [1.29, 1.82) is 0 Å². The van der Waals surface area contributed by atoms with E-state index in [1.807, 2.05) is 0 Å². The second-order valence-electron chi connectivity index (χ2n) is 7.37. The first kappa shape index (κ1) is 21.4. The van der Waals surface area contributed by atoms with Crippen LogP contribution in [0, 0.1) is 17.8 Å². The molecule has 5 nitrogen and oxygen atoms in total. The van der Waals surface area contributed by atoms with E-state index < -0.39 is 12.1 Å². The molecule has 0 aromatic carbocycles. The second-order valence-corrected chi connectivity index (χ2v) is 7.37. The Morgan fingerprint density at radius 3 is 2.71 bits per heavy atom. The molecule has 0 saturated heterocycles. The van der Waals surface area contributed by atoms with Gasteiger partial charge in [-0.05, 0) is 49.9 Å². The molecule has 0 spiro atoms. The lowest BCUT2D eigenvalue weighted by Gasteiger charge is -2.37. The number of hydrogen-bond donors (Lipinski definition) is 2. The summed E-state index contributed by atoms with van der Waals surface area (Å²) in [6.45, 7) is 6.79. The van der Waals surface area contributed by atoms with Gasteiger partial charge in [0.25, 0.3) is 0 Å². The number of hydrogen-bond acceptors (Lipinski definition) is 5. The maximum atomic E-state index is 11.8. The third-order valence-corrected chi connectivity index (χ3v) is 5.28. The molecule has 0 aromatic rings. The van der Waals surface area contributed by atoms with Gasteiger partial charge in [0.05, 0.1) is 12.2 Å². The lowest BCUT2D eigenvalue weighted by atomic mass is 9.74. The van der Waals surface area contributed by atoms with Gasteiger partial charge in [0.1, 0.15) is 13.2 Å². The molecule has 1 aliphatic carbocycles. The Kier molecular flexibility index (Phi) is 10.5. The fourth-order valence-corrected chi connectivity index (χ4v) is 3.48. The van der Waals surface area contributed by atoms with Crippen molar-refractivity contribution in [3.63, 3.8) is 0 Å². The zero-order valence-corrected chi connectivity index (χ0v) is 15.6. The van der Waals surface area contributed by atoms with E-state index in [4.69, 9.17) is 14.6 Å². The smallest absolute Gasteiger partial charge is 0.332 e. The third-order valence-electron chi connectivity index (χ3n) is 5.28. The highest BCUT2D eigenvalue weighted by molar-refractivity contribution is 5.70. The largest absolute Gasteiger partial charge is 0.461 e. The van der Waals surface area contributed by atoms with Crippen LogP contribution >= 0.6 is 0 Å². The van der Waals surface area contributed by atoms with Crippen molar-refractivity contribution in [2.45, 2.75) is 77.9 Å². The summed E-state index contributed by atoms with van der Waals surface area (Å²) in [6, 6.07) is 0. The number of aliphatic hydroxyl groups excluding tert-OH is 2. The van der Waals surface area contributed by atoms with Gasteiger partial charge in [0, 0.05) is 6.61 Å². The van der Waals surface area contributed by atoms with E-state index in [1.165, 1.54) is 12.8 Å². The Labute approximate surface area is 146 Å². The van der Waals surface area contributed by atoms with Gasteiger partial charge in [-0.3, -0.25) is 0 Å². The Morgan fingerprint density at radius 1 is 1.29 bits per heavy atom. The van der Waals surface area contributed by atoms with Crippen LogP contribution in [-0.2, 0) is 14.3 Å². The van der Waals surface area contributed by atoms with Crippen molar-refractivity contribution in [2.24, 2.45) is 17.8 Å². The monoisotopic (exact) mass is 344 g/mol. The topological polar surface area (TPSA) is 76.0 Å². The lowest BCUT2D eigenvalue weighted by Crippen LogP contribution is -2.36. The van der Waals surface area contributed by atoms with Crippen molar-refractivity contribution in [2.75, 3.05) is 19.8 Å². The van der Waals surface area contributed by atoms with Crippen LogP contribution in [0.3, 0.4) is 0 Å². The summed E-state index contributed by atoms with van der Waals surface area (Å²) in [5, 5.41) is 18.4. The summed E-state index contributed by atoms with van der Waals surface area (Å²) in [6.07, 6.45) is 5.92. The zero-order chi connectivity index (χ0) is 17.9. The van der Waals surface area contributed by atoms with Crippen LogP contribution in [0.1, 0.15) is 65.7 Å². The number of ether oxygens (including phenoxy) is 2. The molecule has 0 amide bonds. The summed E-state index contributed by atoms with van der Waals surface area (Å²) < 4.78 is 11.0. The molecule has 142 valence electrons. The van der Waals surface area contributed by atoms with Crippen molar-refractivity contribution in [3.05, 3.63) is 0 Å². The predicted octanol–water partition coefficient (Wildman–Crippen LogP) is 2.92. The third kappa shape index (κ3) is 7.95. The van der Waals surface area contributed by atoms with Crippen LogP contribution in [0.5, 0.6) is 0 Å². The van der Waals surface area contributed by atoms with Crippen LogP contribution in [0.15, 0.2) is 0 Å². The molecule has 0 bridgehead atoms. The predicted molar refractivity (Wildman–Crippen MR) is 93.6 cm³/mol. The van der Waals surface area contributed by atoms with Crippen LogP contribution in [0.2, 0.25) is 0 Å². The first-order chi connectivity index (χ1) is 11.5. The standard InChI is InChI=1S/C19H36O5/c1-4-15(3)17-9-8-14(2)11-18(17)23-13-19(22)24-12-16(21)7-5-6-10-20/h14-18,20-21H,4-13H2,1-3H3. The van der Waals surface area contributed by atoms with E-state index in [9.17, 15) is 9.90 Å². The van der Waals surface area contributed by atoms with Crippen molar-refractivity contribution < 1.29 is 24.5 Å². The lowest BCUT2D eigenvalue weighted by molar-refractivity contribution is -0.157. The van der Waals surface area contributed by atoms with Crippen LogP contribution in [-0.4, -0.2) is 48.2 Å². The number of aliphatic hydroxyl groups is 2. The molecule has 5 atom stereocenters. The molecule has 1 rings (SSSR count). The zero-order valence-electron chi connectivity index (χ0n) is 15.6. The number of carbonyl (C=O) groups excluding carboxylic acids is 1. The van der Waals surface area contributed by atoms with Gasteiger partial charge < -0.3 is 19.7 Å². The molecule has 1 saturated carbocycles. The molecular formula is C19H36O5. The van der Waals surface area contributed by atoms with E-state index in [0.717, 1.165) is 19.3 Å². The first-order valence-corrected chi connectivity index (χ1v) is 9.54. The number of rotatable bonds is 11. The van der Waals surface area contributed by atoms with Crippen LogP contribution in [0.25, 0.3) is 0 Å². The molecule has 1 fully saturated rings. The molecular weight excluding hydrogens is 308 g/mol. The molecule has 2 N–H and O–H groups in total. The molecule has 24 heavy (non-hydrogen) atoms. The van der Waals surface area contributed by atoms with E-state index in [0.29, 0.717) is 30.6 Å². The van der Waals surface area contributed by atoms with Gasteiger partial charge in [-0.1, -0.05) is 33.6 Å². The minimum absolute atomic E-state index is 0.00346. The summed E-state index contributed by atoms with van der Waals surface area (Å²) in [5.41, 5.74) is 0. The Balaban J connectivity index is 2.30. The molecule has 1 aliphatic rings. The van der Waals surface area contributed by atoms with Crippen molar-refractivity contribution >= 4 is 5.97 Å². The maximum Gasteiger partial charge on any atom is 0.332 e. The van der Waals surface area contributed by atoms with Crippen LogP contribution < -0.4 is 0 Å². The summed E-state index contributed by atoms with van der Waals surface area (Å²) >= 11 is 0. The molecule has 5 unspecified atom stereocenters. The minimum atomic E-state index is -0.664. The number of carbonyl (C=O) groups is 1. The summed E-state index contributed by atoms with van der Waals surface area (Å²) in [7, 11) is 0. The first-order valence-electron chi connectivity index (χ1n) is 9.54. The summed E-state index contributed by atoms with van der Waals surface area (Å²) in [5.74, 6) is 1.35. The Hall–Kier alpha value is -0.650. The van der Waals surface area contributed by atoms with Gasteiger partial charge in [-0.15, -0.1) is 0 Å². The quantitative estimate of drug-likeness (QED) is 0.445. The van der Waals surface area contributed by atoms with E-state index in [-0.39, 0.29) is 25.9 Å². The van der Waals surface area contributed by atoms with Gasteiger partial charge in [0.15, 0.2) is 0 Å². The average molecular weight is 344 g/mol. The van der Waals surface area contributed by atoms with Gasteiger partial charge in [-0.2, -0.15) is 0 Å². The van der Waals surface area contributed by atoms with Gasteiger partial charge in [-0.25, -0.2) is 4.79 Å². The fraction of sp³-hybridized carbons (Fsp3) is 0.947. The van der Waals surface area contributed by atoms with E-state index in [1.54, 1.807) is 0 Å². The molecule has 0 radical (unpaired) electrons. The number of unbranched alkanes of at least 4 members (excludes halogenated alkanes) is 1. The Bertz CT molecular complexity index is 347. The fourth-order valence-electron chi connectivity index (χ4n) is 3.48. The molecule has 0 aliphatic heterocycles. The molecule has 0 heterocycles. The van der Waals surface area contributed by atoms with Gasteiger partial charge in [0.2, 0.25) is 0 Å². The normalized spacial score (nSPS) is 26.8. The highest BCUT2D eigenvalue weighted by atomic mass is 16.6. The SMILES string of the molecule is CCC(C)C1CCC(C)CC1OCC(=O)OCC(O)CCCCO. The van der Waals surface area contributed by atoms with Crippen LogP contribution in [0.4, 0.5) is 0 Å². The maximum absolute atomic E-state index is 11.8. The van der Waals surface area contributed by atoms with E-state index in [2.05, 4.69) is 20.8 Å². The highest BCUT2D eigenvalue weighted by Gasteiger charge is 2.32. The number of esters is 1. The van der Waals surface area contributed by atoms with E-state index >= 15 is 0 Å². The Morgan fingerprint density at radius 2 is 2.04 bits per heavy atom. The minimum Gasteiger partial charge on any atom is -0.461 e. The summed E-state index contributed by atoms with van der Waals surface area (Å²) in [4.78, 5) is 11.8.